The third-order valence-electron chi connectivity index (χ3n) is 4.03. The summed E-state index contributed by atoms with van der Waals surface area (Å²) >= 11 is 12.1. The zero-order valence-corrected chi connectivity index (χ0v) is 16.0. The number of fused-ring (bicyclic) bond motifs is 1. The molecule has 0 unspecified atom stereocenters. The van der Waals surface area contributed by atoms with Gasteiger partial charge in [0, 0.05) is 19.1 Å². The van der Waals surface area contributed by atoms with E-state index in [9.17, 15) is 13.2 Å². The molecule has 9 heteroatoms. The summed E-state index contributed by atoms with van der Waals surface area (Å²) in [6.45, 7) is 1.66. The van der Waals surface area contributed by atoms with E-state index in [1.165, 1.54) is 21.3 Å². The molecule has 0 radical (unpaired) electrons. The van der Waals surface area contributed by atoms with Gasteiger partial charge in [0.1, 0.15) is 0 Å². The van der Waals surface area contributed by atoms with Crippen molar-refractivity contribution in [3.63, 3.8) is 0 Å². The van der Waals surface area contributed by atoms with Crippen molar-refractivity contribution in [3.8, 4) is 0 Å². The average Bonchev–Trinajstić information content (AvgIpc) is 2.72. The Balaban J connectivity index is 2.12. The fraction of sp³-hybridized carbons (Fsp3) is 0.188. The molecule has 1 heterocycles. The van der Waals surface area contributed by atoms with Crippen molar-refractivity contribution in [2.75, 3.05) is 4.72 Å². The number of benzene rings is 2. The minimum absolute atomic E-state index is 0.106. The number of imidazole rings is 1. The largest absolute Gasteiger partial charge is 0.328 e. The molecule has 0 saturated carbocycles. The summed E-state index contributed by atoms with van der Waals surface area (Å²) in [6, 6.07) is 7.62. The molecule has 132 valence electrons. The van der Waals surface area contributed by atoms with E-state index in [-0.39, 0.29) is 21.3 Å². The molecule has 0 atom stereocenters. The summed E-state index contributed by atoms with van der Waals surface area (Å²) < 4.78 is 30.7. The van der Waals surface area contributed by atoms with Gasteiger partial charge >= 0.3 is 5.69 Å². The fourth-order valence-corrected chi connectivity index (χ4v) is 4.50. The van der Waals surface area contributed by atoms with Gasteiger partial charge < -0.3 is 0 Å². The highest BCUT2D eigenvalue weighted by Crippen LogP contribution is 2.30. The highest BCUT2D eigenvalue weighted by Gasteiger charge is 2.20. The molecule has 0 aliphatic heterocycles. The summed E-state index contributed by atoms with van der Waals surface area (Å²) in [5, 5.41) is 0.652. The Bertz CT molecular complexity index is 1160. The second kappa shape index (κ2) is 6.09. The quantitative estimate of drug-likeness (QED) is 0.733. The van der Waals surface area contributed by atoms with E-state index < -0.39 is 10.0 Å². The van der Waals surface area contributed by atoms with E-state index in [2.05, 4.69) is 4.72 Å². The van der Waals surface area contributed by atoms with Gasteiger partial charge in [-0.3, -0.25) is 13.9 Å². The maximum absolute atomic E-state index is 12.7. The first-order valence-electron chi connectivity index (χ1n) is 7.26. The van der Waals surface area contributed by atoms with Crippen LogP contribution in [0, 0.1) is 6.92 Å². The molecule has 25 heavy (non-hydrogen) atoms. The fourth-order valence-electron chi connectivity index (χ4n) is 2.71. The lowest BCUT2D eigenvalue weighted by Crippen LogP contribution is -2.19. The van der Waals surface area contributed by atoms with Crippen LogP contribution in [0.5, 0.6) is 0 Å². The van der Waals surface area contributed by atoms with Gasteiger partial charge in [-0.05, 0) is 42.8 Å². The number of hydrogen-bond donors (Lipinski definition) is 1. The SMILES string of the molecule is Cc1cc(Cl)ccc1S(=O)(=O)Nc1cc2c(cc1Cl)n(C)c(=O)n2C. The average molecular weight is 400 g/mol. The molecule has 0 amide bonds. The summed E-state index contributed by atoms with van der Waals surface area (Å²) in [6.07, 6.45) is 0. The topological polar surface area (TPSA) is 73.1 Å². The normalized spacial score (nSPS) is 11.9. The molecular formula is C16H15Cl2N3O3S. The van der Waals surface area contributed by atoms with E-state index in [4.69, 9.17) is 23.2 Å². The van der Waals surface area contributed by atoms with Gasteiger partial charge in [-0.2, -0.15) is 0 Å². The van der Waals surface area contributed by atoms with Crippen LogP contribution in [0.1, 0.15) is 5.56 Å². The van der Waals surface area contributed by atoms with Crippen molar-refractivity contribution in [2.45, 2.75) is 11.8 Å². The van der Waals surface area contributed by atoms with E-state index >= 15 is 0 Å². The van der Waals surface area contributed by atoms with Gasteiger partial charge in [-0.25, -0.2) is 13.2 Å². The van der Waals surface area contributed by atoms with E-state index in [1.807, 2.05) is 0 Å². The minimum atomic E-state index is -3.86. The molecule has 1 aromatic heterocycles. The first-order valence-corrected chi connectivity index (χ1v) is 9.49. The Labute approximate surface area is 154 Å². The molecule has 0 aliphatic rings. The van der Waals surface area contributed by atoms with Crippen molar-refractivity contribution in [3.05, 3.63) is 56.4 Å². The molecule has 0 saturated heterocycles. The number of aromatic nitrogens is 2. The van der Waals surface area contributed by atoms with Crippen LogP contribution in [0.3, 0.4) is 0 Å². The van der Waals surface area contributed by atoms with Crippen LogP contribution < -0.4 is 10.4 Å². The number of aryl methyl sites for hydroxylation is 3. The highest BCUT2D eigenvalue weighted by molar-refractivity contribution is 7.92. The lowest BCUT2D eigenvalue weighted by atomic mass is 10.2. The van der Waals surface area contributed by atoms with E-state index in [0.29, 0.717) is 21.6 Å². The number of halogens is 2. The van der Waals surface area contributed by atoms with Gasteiger partial charge in [0.15, 0.2) is 0 Å². The molecule has 2 aromatic carbocycles. The minimum Gasteiger partial charge on any atom is -0.295 e. The lowest BCUT2D eigenvalue weighted by Gasteiger charge is -2.12. The van der Waals surface area contributed by atoms with Gasteiger partial charge in [0.05, 0.1) is 26.6 Å². The molecule has 0 aliphatic carbocycles. The number of sulfonamides is 1. The zero-order valence-electron chi connectivity index (χ0n) is 13.7. The van der Waals surface area contributed by atoms with Crippen LogP contribution in [-0.2, 0) is 24.1 Å². The predicted octanol–water partition coefficient (Wildman–Crippen LogP) is 3.29. The third kappa shape index (κ3) is 3.03. The molecule has 6 nitrogen and oxygen atoms in total. The van der Waals surface area contributed by atoms with Crippen LogP contribution in [-0.4, -0.2) is 17.6 Å². The standard InChI is InChI=1S/C16H15Cl2N3O3S/c1-9-6-10(17)4-5-15(9)25(23,24)19-12-8-14-13(7-11(12)18)20(2)16(22)21(14)3/h4-8,19H,1-3H3. The van der Waals surface area contributed by atoms with Crippen molar-refractivity contribution in [1.29, 1.82) is 0 Å². The summed E-state index contributed by atoms with van der Waals surface area (Å²) in [4.78, 5) is 12.1. The molecule has 0 bridgehead atoms. The zero-order chi connectivity index (χ0) is 18.5. The van der Waals surface area contributed by atoms with Gasteiger partial charge in [-0.1, -0.05) is 23.2 Å². The second-order valence-corrected chi connectivity index (χ2v) is 8.23. The number of rotatable bonds is 3. The van der Waals surface area contributed by atoms with Crippen LogP contribution in [0.25, 0.3) is 11.0 Å². The maximum Gasteiger partial charge on any atom is 0.328 e. The molecule has 1 N–H and O–H groups in total. The third-order valence-corrected chi connectivity index (χ3v) is 6.11. The molecule has 3 rings (SSSR count). The van der Waals surface area contributed by atoms with E-state index in [1.54, 1.807) is 39.2 Å². The van der Waals surface area contributed by atoms with Crippen LogP contribution in [0.15, 0.2) is 40.0 Å². The maximum atomic E-state index is 12.7. The number of anilines is 1. The molecule has 0 fully saturated rings. The Morgan fingerprint density at radius 1 is 1.00 bits per heavy atom. The first kappa shape index (κ1) is 17.8. The molecule has 0 spiro atoms. The molecule has 3 aromatic rings. The van der Waals surface area contributed by atoms with Crippen molar-refractivity contribution < 1.29 is 8.42 Å². The Kier molecular flexibility index (Phi) is 4.35. The summed E-state index contributed by atoms with van der Waals surface area (Å²) in [7, 11) is -0.617. The number of nitrogens with one attached hydrogen (secondary N) is 1. The van der Waals surface area contributed by atoms with E-state index in [0.717, 1.165) is 0 Å². The second-order valence-electron chi connectivity index (χ2n) is 5.74. The highest BCUT2D eigenvalue weighted by atomic mass is 35.5. The Morgan fingerprint density at radius 3 is 2.20 bits per heavy atom. The van der Waals surface area contributed by atoms with Crippen molar-refractivity contribution in [1.82, 2.24) is 9.13 Å². The summed E-state index contributed by atoms with van der Waals surface area (Å²) in [5.74, 6) is 0. The number of nitrogens with zero attached hydrogens (tertiary/aromatic N) is 2. The van der Waals surface area contributed by atoms with Gasteiger partial charge in [0.25, 0.3) is 10.0 Å². The molecular weight excluding hydrogens is 385 g/mol. The summed E-state index contributed by atoms with van der Waals surface area (Å²) in [5.41, 5.74) is 1.68. The number of hydrogen-bond acceptors (Lipinski definition) is 3. The monoisotopic (exact) mass is 399 g/mol. The Hall–Kier alpha value is -1.96. The smallest absolute Gasteiger partial charge is 0.295 e. The van der Waals surface area contributed by atoms with Crippen LogP contribution in [0.2, 0.25) is 10.0 Å². The van der Waals surface area contributed by atoms with Crippen molar-refractivity contribution in [2.24, 2.45) is 14.1 Å². The predicted molar refractivity (Wildman–Crippen MR) is 100 cm³/mol. The van der Waals surface area contributed by atoms with Gasteiger partial charge in [0.2, 0.25) is 0 Å². The van der Waals surface area contributed by atoms with Gasteiger partial charge in [-0.15, -0.1) is 0 Å². The van der Waals surface area contributed by atoms with Crippen molar-refractivity contribution >= 4 is 49.9 Å². The van der Waals surface area contributed by atoms with Crippen LogP contribution in [0.4, 0.5) is 5.69 Å². The van der Waals surface area contributed by atoms with Crippen LogP contribution >= 0.6 is 23.2 Å². The Morgan fingerprint density at radius 2 is 1.60 bits per heavy atom. The first-order chi connectivity index (χ1) is 11.6. The lowest BCUT2D eigenvalue weighted by molar-refractivity contribution is 0.600.